The van der Waals surface area contributed by atoms with E-state index in [-0.39, 0.29) is 23.1 Å². The topological polar surface area (TPSA) is 107 Å². The van der Waals surface area contributed by atoms with E-state index in [2.05, 4.69) is 11.8 Å². The normalized spacial score (nSPS) is 16.8. The summed E-state index contributed by atoms with van der Waals surface area (Å²) in [6.07, 6.45) is 2.07. The van der Waals surface area contributed by atoms with Crippen LogP contribution in [0.25, 0.3) is 22.3 Å². The Morgan fingerprint density at radius 2 is 1.89 bits per heavy atom. The van der Waals surface area contributed by atoms with Crippen LogP contribution in [0.2, 0.25) is 0 Å². The molecule has 1 aliphatic heterocycles. The van der Waals surface area contributed by atoms with Crippen LogP contribution in [0, 0.1) is 0 Å². The van der Waals surface area contributed by atoms with Crippen molar-refractivity contribution in [3.8, 4) is 22.8 Å². The number of anilines is 1. The zero-order valence-corrected chi connectivity index (χ0v) is 14.8. The number of rotatable bonds is 3. The molecule has 27 heavy (non-hydrogen) atoms. The Labute approximate surface area is 155 Å². The molecule has 7 nitrogen and oxygen atoms in total. The van der Waals surface area contributed by atoms with Crippen LogP contribution in [0.15, 0.2) is 36.4 Å². The fraction of sp³-hybridized carbons (Fsp3) is 0.250. The molecule has 7 heteroatoms. The van der Waals surface area contributed by atoms with E-state index in [1.54, 1.807) is 12.1 Å². The van der Waals surface area contributed by atoms with Crippen molar-refractivity contribution in [2.45, 2.75) is 25.8 Å². The number of aromatic nitrogens is 2. The molecule has 4 rings (SSSR count). The molecule has 2 aromatic carbocycles. The predicted octanol–water partition coefficient (Wildman–Crippen LogP) is 3.39. The summed E-state index contributed by atoms with van der Waals surface area (Å²) >= 11 is 0. The maximum absolute atomic E-state index is 11.3. The Morgan fingerprint density at radius 3 is 2.56 bits per heavy atom. The number of phenols is 2. The lowest BCUT2D eigenvalue weighted by molar-refractivity contribution is 0.0697. The zero-order chi connectivity index (χ0) is 19.1. The van der Waals surface area contributed by atoms with Crippen LogP contribution < -0.4 is 4.90 Å². The van der Waals surface area contributed by atoms with E-state index in [4.69, 9.17) is 9.97 Å². The molecular weight excluding hydrogens is 346 g/mol. The van der Waals surface area contributed by atoms with Gasteiger partial charge in [0.05, 0.1) is 16.6 Å². The highest BCUT2D eigenvalue weighted by Gasteiger charge is 2.26. The van der Waals surface area contributed by atoms with Crippen molar-refractivity contribution in [1.82, 2.24) is 9.97 Å². The molecule has 2 heterocycles. The zero-order valence-electron chi connectivity index (χ0n) is 14.8. The molecule has 138 valence electrons. The van der Waals surface area contributed by atoms with Crippen molar-refractivity contribution in [2.75, 3.05) is 11.4 Å². The molecule has 0 saturated carbocycles. The Balaban J connectivity index is 1.95. The van der Waals surface area contributed by atoms with Crippen molar-refractivity contribution in [3.63, 3.8) is 0 Å². The molecule has 0 unspecified atom stereocenters. The summed E-state index contributed by atoms with van der Waals surface area (Å²) in [4.78, 5) is 22.9. The van der Waals surface area contributed by atoms with Crippen molar-refractivity contribution >= 4 is 22.8 Å². The molecule has 0 bridgehead atoms. The first-order chi connectivity index (χ1) is 12.9. The summed E-state index contributed by atoms with van der Waals surface area (Å²) in [5, 5.41) is 28.8. The van der Waals surface area contributed by atoms with E-state index in [9.17, 15) is 20.1 Å². The van der Waals surface area contributed by atoms with E-state index in [1.807, 2.05) is 0 Å². The second-order valence-corrected chi connectivity index (χ2v) is 6.79. The number of hydrogen-bond acceptors (Lipinski definition) is 6. The van der Waals surface area contributed by atoms with Crippen LogP contribution in [0.5, 0.6) is 11.5 Å². The SMILES string of the molecule is C[C@@H]1CCCN1c1nc2cc(C(=O)O)ccc2nc1-c1ccc(O)c(O)c1. The quantitative estimate of drug-likeness (QED) is 0.611. The Bertz CT molecular complexity index is 1050. The second kappa shape index (κ2) is 6.42. The molecule has 0 aliphatic carbocycles. The van der Waals surface area contributed by atoms with Crippen LogP contribution in [0.4, 0.5) is 5.82 Å². The first-order valence-corrected chi connectivity index (χ1v) is 8.78. The highest BCUT2D eigenvalue weighted by Crippen LogP contribution is 2.37. The highest BCUT2D eigenvalue weighted by molar-refractivity contribution is 5.93. The summed E-state index contributed by atoms with van der Waals surface area (Å²) in [5.74, 6) is -0.784. The molecular formula is C20H19N3O4. The maximum atomic E-state index is 11.3. The first kappa shape index (κ1) is 17.1. The number of hydrogen-bond donors (Lipinski definition) is 3. The molecule has 3 aromatic rings. The highest BCUT2D eigenvalue weighted by atomic mass is 16.4. The molecule has 1 aromatic heterocycles. The van der Waals surface area contributed by atoms with Gasteiger partial charge in [0.2, 0.25) is 0 Å². The minimum absolute atomic E-state index is 0.159. The Morgan fingerprint density at radius 1 is 1.07 bits per heavy atom. The van der Waals surface area contributed by atoms with Gasteiger partial charge in [-0.25, -0.2) is 14.8 Å². The van der Waals surface area contributed by atoms with Crippen molar-refractivity contribution in [3.05, 3.63) is 42.0 Å². The lowest BCUT2D eigenvalue weighted by Crippen LogP contribution is -2.28. The van der Waals surface area contributed by atoms with Gasteiger partial charge >= 0.3 is 5.97 Å². The average molecular weight is 365 g/mol. The molecule has 1 atom stereocenters. The fourth-order valence-corrected chi connectivity index (χ4v) is 3.49. The smallest absolute Gasteiger partial charge is 0.335 e. The molecule has 1 saturated heterocycles. The summed E-state index contributed by atoms with van der Waals surface area (Å²) in [6, 6.07) is 9.49. The summed E-state index contributed by atoms with van der Waals surface area (Å²) < 4.78 is 0. The van der Waals surface area contributed by atoms with E-state index >= 15 is 0 Å². The third-order valence-corrected chi connectivity index (χ3v) is 4.97. The standard InChI is InChI=1S/C20H19N3O4/c1-11-3-2-8-23(11)19-18(12-5-7-16(24)17(25)10-12)21-14-6-4-13(20(26)27)9-15(14)22-19/h4-7,9-11,24-25H,2-3,8H2,1H3,(H,26,27)/t11-/m1/s1. The van der Waals surface area contributed by atoms with E-state index < -0.39 is 5.97 Å². The van der Waals surface area contributed by atoms with Gasteiger partial charge in [0.1, 0.15) is 5.69 Å². The van der Waals surface area contributed by atoms with Gasteiger partial charge in [-0.15, -0.1) is 0 Å². The third-order valence-electron chi connectivity index (χ3n) is 4.97. The van der Waals surface area contributed by atoms with Crippen molar-refractivity contribution < 1.29 is 20.1 Å². The molecule has 3 N–H and O–H groups in total. The van der Waals surface area contributed by atoms with Crippen molar-refractivity contribution in [2.24, 2.45) is 0 Å². The molecule has 0 radical (unpaired) electrons. The Kier molecular flexibility index (Phi) is 4.07. The van der Waals surface area contributed by atoms with E-state index in [0.29, 0.717) is 28.1 Å². The van der Waals surface area contributed by atoms with Crippen LogP contribution in [-0.2, 0) is 0 Å². The van der Waals surface area contributed by atoms with Gasteiger partial charge in [0.25, 0.3) is 0 Å². The summed E-state index contributed by atoms with van der Waals surface area (Å²) in [6.45, 7) is 2.95. The van der Waals surface area contributed by atoms with Gasteiger partial charge in [-0.1, -0.05) is 0 Å². The van der Waals surface area contributed by atoms with Gasteiger partial charge in [0.15, 0.2) is 17.3 Å². The van der Waals surface area contributed by atoms with Crippen LogP contribution in [0.1, 0.15) is 30.1 Å². The number of carboxylic acids is 1. The summed E-state index contributed by atoms with van der Waals surface area (Å²) in [5.41, 5.74) is 2.46. The van der Waals surface area contributed by atoms with Gasteiger partial charge in [-0.05, 0) is 56.2 Å². The number of aromatic carboxylic acids is 1. The van der Waals surface area contributed by atoms with E-state index in [1.165, 1.54) is 24.3 Å². The Hall–Kier alpha value is -3.35. The van der Waals surface area contributed by atoms with Crippen molar-refractivity contribution in [1.29, 1.82) is 0 Å². The molecule has 1 aliphatic rings. The van der Waals surface area contributed by atoms with E-state index in [0.717, 1.165) is 19.4 Å². The minimum atomic E-state index is -1.01. The van der Waals surface area contributed by atoms with Gasteiger partial charge in [-0.3, -0.25) is 0 Å². The minimum Gasteiger partial charge on any atom is -0.504 e. The predicted molar refractivity (Wildman–Crippen MR) is 101 cm³/mol. The van der Waals surface area contributed by atoms with Crippen LogP contribution >= 0.6 is 0 Å². The first-order valence-electron chi connectivity index (χ1n) is 8.78. The average Bonchev–Trinajstić information content (AvgIpc) is 3.08. The van der Waals surface area contributed by atoms with Gasteiger partial charge in [0, 0.05) is 18.2 Å². The second-order valence-electron chi connectivity index (χ2n) is 6.79. The monoisotopic (exact) mass is 365 g/mol. The third kappa shape index (κ3) is 3.01. The molecule has 1 fully saturated rings. The fourth-order valence-electron chi connectivity index (χ4n) is 3.49. The van der Waals surface area contributed by atoms with Crippen LogP contribution in [-0.4, -0.2) is 43.8 Å². The largest absolute Gasteiger partial charge is 0.504 e. The number of carboxylic acid groups (broad SMARTS) is 1. The van der Waals surface area contributed by atoms with Gasteiger partial charge in [-0.2, -0.15) is 0 Å². The number of carbonyl (C=O) groups is 1. The number of aromatic hydroxyl groups is 2. The van der Waals surface area contributed by atoms with Crippen LogP contribution in [0.3, 0.4) is 0 Å². The number of benzene rings is 2. The number of nitrogens with zero attached hydrogens (tertiary/aromatic N) is 3. The van der Waals surface area contributed by atoms with Gasteiger partial charge < -0.3 is 20.2 Å². The molecule has 0 spiro atoms. The molecule has 0 amide bonds. The maximum Gasteiger partial charge on any atom is 0.335 e. The number of phenolic OH excluding ortho intramolecular Hbond substituents is 2. The number of fused-ring (bicyclic) bond motifs is 1. The lowest BCUT2D eigenvalue weighted by atomic mass is 10.1. The summed E-state index contributed by atoms with van der Waals surface area (Å²) in [7, 11) is 0. The lowest BCUT2D eigenvalue weighted by Gasteiger charge is -2.25.